The second-order valence-electron chi connectivity index (χ2n) is 6.20. The van der Waals surface area contributed by atoms with E-state index in [1.807, 2.05) is 6.07 Å². The predicted molar refractivity (Wildman–Crippen MR) is 77.6 cm³/mol. The SMILES string of the molecule is COc1ncccc1CN1CCC2(O)CCCCC2C1. The summed E-state index contributed by atoms with van der Waals surface area (Å²) in [5.74, 6) is 1.16. The summed E-state index contributed by atoms with van der Waals surface area (Å²) >= 11 is 0. The van der Waals surface area contributed by atoms with Crippen LogP contribution in [-0.2, 0) is 6.54 Å². The lowest BCUT2D eigenvalue weighted by Gasteiger charge is -2.47. The molecule has 1 saturated carbocycles. The number of likely N-dealkylation sites (tertiary alicyclic amines) is 1. The third kappa shape index (κ3) is 2.67. The number of aliphatic hydroxyl groups is 1. The first-order chi connectivity index (χ1) is 9.71. The van der Waals surface area contributed by atoms with Gasteiger partial charge in [-0.15, -0.1) is 0 Å². The van der Waals surface area contributed by atoms with Gasteiger partial charge in [0.15, 0.2) is 0 Å². The van der Waals surface area contributed by atoms with Gasteiger partial charge in [-0.3, -0.25) is 4.90 Å². The molecule has 4 heteroatoms. The van der Waals surface area contributed by atoms with Gasteiger partial charge in [0.2, 0.25) is 5.88 Å². The van der Waals surface area contributed by atoms with E-state index in [0.29, 0.717) is 5.92 Å². The van der Waals surface area contributed by atoms with Crippen LogP contribution in [0.2, 0.25) is 0 Å². The lowest BCUT2D eigenvalue weighted by molar-refractivity contribution is -0.0968. The number of nitrogens with zero attached hydrogens (tertiary/aromatic N) is 2. The minimum absolute atomic E-state index is 0.395. The van der Waals surface area contributed by atoms with Crippen molar-refractivity contribution in [3.8, 4) is 5.88 Å². The van der Waals surface area contributed by atoms with Crippen LogP contribution in [0, 0.1) is 5.92 Å². The number of hydrogen-bond acceptors (Lipinski definition) is 4. The largest absolute Gasteiger partial charge is 0.481 e. The molecule has 1 aromatic rings. The third-order valence-electron chi connectivity index (χ3n) is 4.95. The van der Waals surface area contributed by atoms with Crippen LogP contribution < -0.4 is 4.74 Å². The highest BCUT2D eigenvalue weighted by atomic mass is 16.5. The molecule has 0 spiro atoms. The van der Waals surface area contributed by atoms with E-state index in [2.05, 4.69) is 16.0 Å². The Hall–Kier alpha value is -1.13. The van der Waals surface area contributed by atoms with Crippen LogP contribution in [0.4, 0.5) is 0 Å². The van der Waals surface area contributed by atoms with Crippen molar-refractivity contribution in [2.75, 3.05) is 20.2 Å². The van der Waals surface area contributed by atoms with Crippen molar-refractivity contribution in [1.82, 2.24) is 9.88 Å². The Morgan fingerprint density at radius 2 is 2.35 bits per heavy atom. The molecule has 1 N–H and O–H groups in total. The van der Waals surface area contributed by atoms with Crippen LogP contribution in [0.3, 0.4) is 0 Å². The molecule has 110 valence electrons. The quantitative estimate of drug-likeness (QED) is 0.919. The zero-order chi connectivity index (χ0) is 14.0. The number of piperidine rings is 1. The van der Waals surface area contributed by atoms with E-state index in [-0.39, 0.29) is 0 Å². The van der Waals surface area contributed by atoms with Crippen molar-refractivity contribution in [1.29, 1.82) is 0 Å². The van der Waals surface area contributed by atoms with Gasteiger partial charge in [0.25, 0.3) is 0 Å². The Morgan fingerprint density at radius 1 is 1.45 bits per heavy atom. The van der Waals surface area contributed by atoms with Crippen molar-refractivity contribution in [3.05, 3.63) is 23.9 Å². The Bertz CT molecular complexity index is 466. The number of ether oxygens (including phenoxy) is 1. The molecule has 0 amide bonds. The maximum absolute atomic E-state index is 10.7. The summed E-state index contributed by atoms with van der Waals surface area (Å²) in [6.45, 7) is 2.82. The second-order valence-corrected chi connectivity index (χ2v) is 6.20. The van der Waals surface area contributed by atoms with E-state index >= 15 is 0 Å². The van der Waals surface area contributed by atoms with E-state index in [4.69, 9.17) is 4.74 Å². The first kappa shape index (κ1) is 13.8. The van der Waals surface area contributed by atoms with Crippen LogP contribution in [0.5, 0.6) is 5.88 Å². The first-order valence-electron chi connectivity index (χ1n) is 7.64. The highest BCUT2D eigenvalue weighted by Gasteiger charge is 2.42. The minimum Gasteiger partial charge on any atom is -0.481 e. The molecule has 0 bridgehead atoms. The van der Waals surface area contributed by atoms with Gasteiger partial charge >= 0.3 is 0 Å². The van der Waals surface area contributed by atoms with E-state index < -0.39 is 5.60 Å². The maximum Gasteiger partial charge on any atom is 0.217 e. The van der Waals surface area contributed by atoms with Crippen molar-refractivity contribution >= 4 is 0 Å². The Kier molecular flexibility index (Phi) is 3.94. The smallest absolute Gasteiger partial charge is 0.217 e. The molecular formula is C16H24N2O2. The highest BCUT2D eigenvalue weighted by molar-refractivity contribution is 5.25. The summed E-state index contributed by atoms with van der Waals surface area (Å²) in [4.78, 5) is 6.69. The fourth-order valence-corrected chi connectivity index (χ4v) is 3.75. The summed E-state index contributed by atoms with van der Waals surface area (Å²) < 4.78 is 5.33. The van der Waals surface area contributed by atoms with E-state index in [9.17, 15) is 5.11 Å². The summed E-state index contributed by atoms with van der Waals surface area (Å²) in [6, 6.07) is 4.03. The molecule has 0 aromatic carbocycles. The number of rotatable bonds is 3. The topological polar surface area (TPSA) is 45.6 Å². The van der Waals surface area contributed by atoms with Crippen molar-refractivity contribution < 1.29 is 9.84 Å². The Morgan fingerprint density at radius 3 is 3.20 bits per heavy atom. The molecule has 1 saturated heterocycles. The monoisotopic (exact) mass is 276 g/mol. The average Bonchev–Trinajstić information content (AvgIpc) is 2.48. The molecule has 0 radical (unpaired) electrons. The molecule has 3 rings (SSSR count). The molecule has 2 atom stereocenters. The molecule has 2 unspecified atom stereocenters. The Balaban J connectivity index is 1.67. The number of fused-ring (bicyclic) bond motifs is 1. The molecular weight excluding hydrogens is 252 g/mol. The summed E-state index contributed by atoms with van der Waals surface area (Å²) in [5, 5.41) is 10.7. The van der Waals surface area contributed by atoms with Crippen LogP contribution in [0.15, 0.2) is 18.3 Å². The van der Waals surface area contributed by atoms with Crippen molar-refractivity contribution in [2.45, 2.75) is 44.2 Å². The molecule has 2 fully saturated rings. The van der Waals surface area contributed by atoms with Crippen LogP contribution in [0.1, 0.15) is 37.7 Å². The Labute approximate surface area is 120 Å². The summed E-state index contributed by atoms with van der Waals surface area (Å²) in [5.41, 5.74) is 0.740. The fourth-order valence-electron chi connectivity index (χ4n) is 3.75. The zero-order valence-electron chi connectivity index (χ0n) is 12.2. The van der Waals surface area contributed by atoms with E-state index in [1.165, 1.54) is 12.8 Å². The number of methoxy groups -OCH3 is 1. The van der Waals surface area contributed by atoms with Gasteiger partial charge in [0, 0.05) is 37.3 Å². The zero-order valence-corrected chi connectivity index (χ0v) is 12.2. The first-order valence-corrected chi connectivity index (χ1v) is 7.64. The fraction of sp³-hybridized carbons (Fsp3) is 0.688. The maximum atomic E-state index is 10.7. The molecule has 2 heterocycles. The number of hydrogen-bond donors (Lipinski definition) is 1. The van der Waals surface area contributed by atoms with Gasteiger partial charge in [-0.25, -0.2) is 4.98 Å². The van der Waals surface area contributed by atoms with Crippen molar-refractivity contribution in [2.24, 2.45) is 5.92 Å². The minimum atomic E-state index is -0.395. The lowest BCUT2D eigenvalue weighted by atomic mass is 9.71. The molecule has 4 nitrogen and oxygen atoms in total. The summed E-state index contributed by atoms with van der Waals surface area (Å²) in [6.07, 6.45) is 7.26. The van der Waals surface area contributed by atoms with Gasteiger partial charge in [0.05, 0.1) is 12.7 Å². The molecule has 1 aliphatic carbocycles. The van der Waals surface area contributed by atoms with Crippen LogP contribution in [-0.4, -0.2) is 40.8 Å². The number of aromatic nitrogens is 1. The highest BCUT2D eigenvalue weighted by Crippen LogP contribution is 2.40. The van der Waals surface area contributed by atoms with Gasteiger partial charge in [-0.2, -0.15) is 0 Å². The van der Waals surface area contributed by atoms with Crippen LogP contribution >= 0.6 is 0 Å². The van der Waals surface area contributed by atoms with Gasteiger partial charge in [0.1, 0.15) is 0 Å². The van der Waals surface area contributed by atoms with Gasteiger partial charge in [-0.05, 0) is 25.3 Å². The molecule has 20 heavy (non-hydrogen) atoms. The van der Waals surface area contributed by atoms with Gasteiger partial charge in [-0.1, -0.05) is 18.9 Å². The molecule has 1 aromatic heterocycles. The average molecular weight is 276 g/mol. The van der Waals surface area contributed by atoms with Gasteiger partial charge < -0.3 is 9.84 Å². The molecule has 1 aliphatic heterocycles. The van der Waals surface area contributed by atoms with Crippen LogP contribution in [0.25, 0.3) is 0 Å². The normalized spacial score (nSPS) is 30.8. The summed E-state index contributed by atoms with van der Waals surface area (Å²) in [7, 11) is 1.67. The third-order valence-corrected chi connectivity index (χ3v) is 4.95. The van der Waals surface area contributed by atoms with E-state index in [1.54, 1.807) is 13.3 Å². The number of pyridine rings is 1. The van der Waals surface area contributed by atoms with Crippen molar-refractivity contribution in [3.63, 3.8) is 0 Å². The molecule has 2 aliphatic rings. The second kappa shape index (κ2) is 5.70. The predicted octanol–water partition coefficient (Wildman–Crippen LogP) is 2.22. The van der Waals surface area contributed by atoms with E-state index in [0.717, 1.165) is 50.3 Å². The standard InChI is InChI=1S/C16H24N2O2/c1-20-15-13(5-4-9-17-15)11-18-10-8-16(19)7-3-2-6-14(16)12-18/h4-5,9,14,19H,2-3,6-8,10-12H2,1H3. The lowest BCUT2D eigenvalue weighted by Crippen LogP contribution is -2.52.